The summed E-state index contributed by atoms with van der Waals surface area (Å²) >= 11 is 0. The van der Waals surface area contributed by atoms with Gasteiger partial charge >= 0.3 is 0 Å². The Morgan fingerprint density at radius 2 is 0.904 bits per heavy atom. The van der Waals surface area contributed by atoms with Gasteiger partial charge in [0.05, 0.1) is 148 Å². The maximum absolute atomic E-state index is 13.4. The van der Waals surface area contributed by atoms with E-state index in [1.54, 1.807) is 137 Å². The van der Waals surface area contributed by atoms with E-state index in [1.807, 2.05) is 24.3 Å². The van der Waals surface area contributed by atoms with Crippen molar-refractivity contribution in [3.63, 3.8) is 0 Å². The van der Waals surface area contributed by atoms with Crippen molar-refractivity contribution in [2.24, 2.45) is 0 Å². The molecule has 1 unspecified atom stereocenters. The van der Waals surface area contributed by atoms with E-state index >= 15 is 0 Å². The van der Waals surface area contributed by atoms with Gasteiger partial charge < -0.3 is 83.8 Å². The Bertz CT molecular complexity index is 3990. The summed E-state index contributed by atoms with van der Waals surface area (Å²) < 4.78 is 50.4. The molecule has 8 aromatic rings. The Kier molecular flexibility index (Phi) is 15.3. The molecule has 83 heavy (non-hydrogen) atoms. The SMILES string of the molecule is COc1cc(OC)cc(N2CC(O)=C(C3Nc4ccc(C#N)cc4N3)C2=N)c1.COc1cc(OC)cc(N2CC(O)=C(c3nc4ccc(F)cc4[nH]3)C2=N)c1.COc1cc(OC)cc(N2CC(O)=C(c3nc4ccc(OC)cc4[nH]3)C2=N)c1. The Hall–Kier alpha value is -11.1. The molecule has 23 nitrogen and oxygen atoms in total. The Morgan fingerprint density at radius 1 is 0.494 bits per heavy atom. The lowest BCUT2D eigenvalue weighted by Gasteiger charge is -2.22. The molecule has 12 rings (SSSR count). The number of nitrogens with one attached hydrogen (secondary N) is 7. The Labute approximate surface area is 474 Å². The number of H-pyrrole nitrogens is 2. The highest BCUT2D eigenvalue weighted by atomic mass is 19.1. The van der Waals surface area contributed by atoms with Crippen LogP contribution in [0.15, 0.2) is 132 Å². The van der Waals surface area contributed by atoms with Crippen LogP contribution in [0.25, 0.3) is 33.2 Å². The number of fused-ring (bicyclic) bond motifs is 3. The number of benzene rings is 6. The van der Waals surface area contributed by atoms with Crippen molar-refractivity contribution in [1.82, 2.24) is 19.9 Å². The van der Waals surface area contributed by atoms with Crippen molar-refractivity contribution in [2.75, 3.05) is 94.7 Å². The molecule has 4 aliphatic heterocycles. The average molecular weight is 1130 g/mol. The number of ether oxygens (including phenoxy) is 7. The van der Waals surface area contributed by atoms with Gasteiger partial charge in [-0.05, 0) is 48.5 Å². The summed E-state index contributed by atoms with van der Waals surface area (Å²) in [6, 6.07) is 32.9. The molecule has 10 N–H and O–H groups in total. The zero-order valence-electron chi connectivity index (χ0n) is 45.9. The first kappa shape index (κ1) is 55.2. The van der Waals surface area contributed by atoms with Crippen molar-refractivity contribution in [2.45, 2.75) is 6.17 Å². The molecular weight excluding hydrogens is 1070 g/mol. The minimum Gasteiger partial charge on any atom is -0.510 e. The molecule has 1 atom stereocenters. The lowest BCUT2D eigenvalue weighted by molar-refractivity contribution is 0.393. The molecule has 424 valence electrons. The highest BCUT2D eigenvalue weighted by Crippen LogP contribution is 2.40. The summed E-state index contributed by atoms with van der Waals surface area (Å²) in [4.78, 5) is 20.0. The van der Waals surface area contributed by atoms with Crippen molar-refractivity contribution in [1.29, 1.82) is 21.5 Å². The smallest absolute Gasteiger partial charge is 0.145 e. The van der Waals surface area contributed by atoms with E-state index < -0.39 is 6.17 Å². The predicted octanol–water partition coefficient (Wildman–Crippen LogP) is 9.89. The second-order valence-corrected chi connectivity index (χ2v) is 18.8. The third-order valence-corrected chi connectivity index (χ3v) is 13.9. The summed E-state index contributed by atoms with van der Waals surface area (Å²) in [6.45, 7) is 0.435. The first-order valence-electron chi connectivity index (χ1n) is 25.4. The van der Waals surface area contributed by atoms with Crippen LogP contribution in [0.3, 0.4) is 0 Å². The number of halogens is 1. The van der Waals surface area contributed by atoms with E-state index in [0.717, 1.165) is 22.4 Å². The second-order valence-electron chi connectivity index (χ2n) is 18.8. The van der Waals surface area contributed by atoms with Crippen molar-refractivity contribution in [3.05, 3.63) is 155 Å². The normalized spacial score (nSPS) is 15.4. The van der Waals surface area contributed by atoms with Gasteiger partial charge in [-0.3, -0.25) is 16.2 Å². The number of aliphatic hydroxyl groups is 3. The van der Waals surface area contributed by atoms with E-state index in [-0.39, 0.29) is 65.8 Å². The molecule has 4 aliphatic rings. The van der Waals surface area contributed by atoms with Crippen LogP contribution in [-0.4, -0.2) is 128 Å². The van der Waals surface area contributed by atoms with E-state index in [0.29, 0.717) is 96.7 Å². The van der Waals surface area contributed by atoms with Gasteiger partial charge in [0.2, 0.25) is 0 Å². The number of aliphatic hydroxyl groups excluding tert-OH is 3. The fraction of sp³-hybridized carbons (Fsp3) is 0.186. The number of methoxy groups -OCH3 is 7. The van der Waals surface area contributed by atoms with E-state index in [2.05, 4.69) is 36.6 Å². The summed E-state index contributed by atoms with van der Waals surface area (Å²) in [7, 11) is 10.9. The number of anilines is 5. The van der Waals surface area contributed by atoms with Crippen LogP contribution in [0, 0.1) is 33.4 Å². The molecule has 0 aliphatic carbocycles. The van der Waals surface area contributed by atoms with Crippen LogP contribution < -0.4 is 58.5 Å². The van der Waals surface area contributed by atoms with Gasteiger partial charge in [-0.1, -0.05) is 0 Å². The van der Waals surface area contributed by atoms with Crippen LogP contribution in [-0.2, 0) is 0 Å². The van der Waals surface area contributed by atoms with Crippen LogP contribution in [0.5, 0.6) is 40.2 Å². The fourth-order valence-electron chi connectivity index (χ4n) is 9.75. The first-order chi connectivity index (χ1) is 40.1. The number of rotatable bonds is 13. The number of hydrogen-bond donors (Lipinski definition) is 10. The molecule has 0 amide bonds. The zero-order valence-corrected chi connectivity index (χ0v) is 45.9. The second kappa shape index (κ2) is 22.9. The fourth-order valence-corrected chi connectivity index (χ4v) is 9.75. The van der Waals surface area contributed by atoms with Crippen LogP contribution >= 0.6 is 0 Å². The Balaban J connectivity index is 0.000000139. The van der Waals surface area contributed by atoms with E-state index in [1.165, 1.54) is 12.1 Å². The number of hydrogen-bond acceptors (Lipinski definition) is 18. The van der Waals surface area contributed by atoms with Gasteiger partial charge in [0.1, 0.15) is 98.7 Å². The maximum atomic E-state index is 13.4. The molecule has 6 aromatic carbocycles. The molecular formula is C59H56FN13O10. The monoisotopic (exact) mass is 1130 g/mol. The average Bonchev–Trinajstić information content (AvgIpc) is 3.77. The zero-order chi connectivity index (χ0) is 58.8. The molecule has 0 bridgehead atoms. The minimum absolute atomic E-state index is 0.00122. The first-order valence-corrected chi connectivity index (χ1v) is 25.4. The van der Waals surface area contributed by atoms with Gasteiger partial charge in [0.15, 0.2) is 0 Å². The molecule has 24 heteroatoms. The van der Waals surface area contributed by atoms with Crippen LogP contribution in [0.4, 0.5) is 32.8 Å². The number of amidine groups is 3. The molecule has 0 fully saturated rings. The van der Waals surface area contributed by atoms with Gasteiger partial charge in [-0.25, -0.2) is 14.4 Å². The lowest BCUT2D eigenvalue weighted by atomic mass is 10.2. The topological polar surface area (TPSA) is 312 Å². The van der Waals surface area contributed by atoms with Crippen molar-refractivity contribution >= 4 is 79.2 Å². The molecule has 0 radical (unpaired) electrons. The van der Waals surface area contributed by atoms with Crippen molar-refractivity contribution < 1.29 is 52.9 Å². The molecule has 2 aromatic heterocycles. The molecule has 6 heterocycles. The van der Waals surface area contributed by atoms with E-state index in [4.69, 9.17) is 54.6 Å². The quantitative estimate of drug-likeness (QED) is 0.0513. The summed E-state index contributed by atoms with van der Waals surface area (Å²) in [5.74, 6) is 5.17. The van der Waals surface area contributed by atoms with Gasteiger partial charge in [-0.2, -0.15) is 5.26 Å². The van der Waals surface area contributed by atoms with Gasteiger partial charge in [-0.15, -0.1) is 0 Å². The largest absolute Gasteiger partial charge is 0.510 e. The third kappa shape index (κ3) is 10.9. The molecule has 0 saturated heterocycles. The number of nitrogens with zero attached hydrogens (tertiary/aromatic N) is 6. The van der Waals surface area contributed by atoms with Crippen molar-refractivity contribution in [3.8, 4) is 46.3 Å². The van der Waals surface area contributed by atoms with E-state index in [9.17, 15) is 19.7 Å². The summed E-state index contributed by atoms with van der Waals surface area (Å²) in [5, 5.41) is 73.0. The van der Waals surface area contributed by atoms with Crippen LogP contribution in [0.1, 0.15) is 17.2 Å². The number of imidazole rings is 2. The minimum atomic E-state index is -0.464. The predicted molar refractivity (Wildman–Crippen MR) is 313 cm³/mol. The lowest BCUT2D eigenvalue weighted by Crippen LogP contribution is -2.33. The van der Waals surface area contributed by atoms with Gasteiger partial charge in [0, 0.05) is 60.7 Å². The van der Waals surface area contributed by atoms with Crippen LogP contribution in [0.2, 0.25) is 0 Å². The Morgan fingerprint density at radius 3 is 1.35 bits per heavy atom. The number of aromatic nitrogens is 4. The number of aromatic amines is 2. The summed E-state index contributed by atoms with van der Waals surface area (Å²) in [6.07, 6.45) is -0.464. The standard InChI is InChI=1S/C20H19N5O3.C20H20N4O4.C19H17FN4O3/c1-27-13-6-12(7-14(8-13)28-2)25-10-17(26)18(19(25)22)20-23-15-4-3-11(9-21)5-16(15)24-20;1-26-12-4-5-15-16(9-12)23-20(22-15)18-17(25)10-24(19(18)21)11-6-13(27-2)8-14(7-11)28-3;1-26-12-6-11(7-13(8-12)27-2)24-9-16(25)17(18(24)21)19-22-14-4-3-10(20)5-15(14)23-19/h3-8,20,22-24,26H,10H2,1-2H3;4-9,21,25H,10H2,1-3H3,(H,22,23);3-8,21,25H,9H2,1-2H3,(H,22,23). The van der Waals surface area contributed by atoms with Gasteiger partial charge in [0.25, 0.3) is 0 Å². The summed E-state index contributed by atoms with van der Waals surface area (Å²) in [5.41, 5.74) is 7.76. The molecule has 0 spiro atoms. The highest BCUT2D eigenvalue weighted by Gasteiger charge is 2.37. The number of nitriles is 1. The maximum Gasteiger partial charge on any atom is 0.145 e. The third-order valence-electron chi connectivity index (χ3n) is 13.9. The highest BCUT2D eigenvalue weighted by molar-refractivity contribution is 6.31. The molecule has 0 saturated carbocycles.